The summed E-state index contributed by atoms with van der Waals surface area (Å²) in [4.78, 5) is 4.81. The van der Waals surface area contributed by atoms with E-state index in [9.17, 15) is 0 Å². The van der Waals surface area contributed by atoms with Crippen molar-refractivity contribution in [3.63, 3.8) is 0 Å². The van der Waals surface area contributed by atoms with Crippen LogP contribution in [0.3, 0.4) is 0 Å². The van der Waals surface area contributed by atoms with Gasteiger partial charge in [-0.2, -0.15) is 0 Å². The van der Waals surface area contributed by atoms with E-state index in [-0.39, 0.29) is 29.4 Å². The molecule has 1 aliphatic carbocycles. The minimum Gasteiger partial charge on any atom is -0.356 e. The molecule has 1 aromatic heterocycles. The molecule has 0 bridgehead atoms. The third kappa shape index (κ3) is 7.41. The first-order valence-electron chi connectivity index (χ1n) is 10.5. The Kier molecular flexibility index (Phi) is 9.40. The molecule has 6 nitrogen and oxygen atoms in total. The van der Waals surface area contributed by atoms with Gasteiger partial charge in [-0.3, -0.25) is 0 Å². The monoisotopic (exact) mass is 544 g/mol. The molecule has 1 fully saturated rings. The predicted molar refractivity (Wildman–Crippen MR) is 135 cm³/mol. The lowest BCUT2D eigenvalue weighted by Gasteiger charge is -2.27. The minimum atomic E-state index is 0. The summed E-state index contributed by atoms with van der Waals surface area (Å²) in [7, 11) is 1.98. The molecule has 0 aliphatic heterocycles. The first-order chi connectivity index (χ1) is 13.8. The van der Waals surface area contributed by atoms with Crippen molar-refractivity contribution < 1.29 is 0 Å². The number of benzene rings is 1. The van der Waals surface area contributed by atoms with E-state index in [1.807, 2.05) is 36.7 Å². The van der Waals surface area contributed by atoms with Crippen molar-refractivity contribution in [1.29, 1.82) is 0 Å². The average Bonchev–Trinajstić information content (AvgIpc) is 3.28. The molecule has 1 aliphatic rings. The van der Waals surface area contributed by atoms with Crippen LogP contribution in [-0.4, -0.2) is 33.3 Å². The molecule has 0 unspecified atom stereocenters. The molecule has 30 heavy (non-hydrogen) atoms. The lowest BCUT2D eigenvalue weighted by Crippen LogP contribution is -2.46. The van der Waals surface area contributed by atoms with E-state index in [1.54, 1.807) is 0 Å². The van der Waals surface area contributed by atoms with Crippen molar-refractivity contribution in [3.8, 4) is 0 Å². The zero-order chi connectivity index (χ0) is 20.9. The summed E-state index contributed by atoms with van der Waals surface area (Å²) in [5.74, 6) is 2.63. The fourth-order valence-electron chi connectivity index (χ4n) is 3.74. The molecule has 1 aromatic carbocycles. The molecule has 8 heteroatoms. The number of guanidine groups is 1. The summed E-state index contributed by atoms with van der Waals surface area (Å²) in [6, 6.07) is 8.61. The topological polar surface area (TPSA) is 67.1 Å². The first kappa shape index (κ1) is 24.9. The van der Waals surface area contributed by atoms with E-state index in [1.165, 1.54) is 31.2 Å². The highest BCUT2D eigenvalue weighted by atomic mass is 127. The summed E-state index contributed by atoms with van der Waals surface area (Å²) in [6.45, 7) is 7.80. The molecule has 0 spiro atoms. The molecule has 166 valence electrons. The van der Waals surface area contributed by atoms with Crippen LogP contribution in [0, 0.1) is 12.3 Å². The van der Waals surface area contributed by atoms with Crippen molar-refractivity contribution in [2.45, 2.75) is 65.5 Å². The number of hydrogen-bond acceptors (Lipinski definition) is 3. The SMILES string of the molecule is Cc1nnc(CN=C(NCC(C)(C)Cc2cccc(Cl)c2)NC2CCCC2)n1C.I. The number of rotatable bonds is 7. The Morgan fingerprint density at radius 3 is 2.63 bits per heavy atom. The van der Waals surface area contributed by atoms with Gasteiger partial charge in [0.15, 0.2) is 11.8 Å². The van der Waals surface area contributed by atoms with E-state index < -0.39 is 0 Å². The number of nitrogens with one attached hydrogen (secondary N) is 2. The molecule has 0 amide bonds. The maximum Gasteiger partial charge on any atom is 0.191 e. The van der Waals surface area contributed by atoms with Gasteiger partial charge in [0.1, 0.15) is 12.4 Å². The van der Waals surface area contributed by atoms with Crippen molar-refractivity contribution in [2.75, 3.05) is 6.54 Å². The van der Waals surface area contributed by atoms with Crippen LogP contribution >= 0.6 is 35.6 Å². The number of aryl methyl sites for hydroxylation is 1. The van der Waals surface area contributed by atoms with Gasteiger partial charge in [0, 0.05) is 24.7 Å². The number of aromatic nitrogens is 3. The molecule has 2 N–H and O–H groups in total. The molecule has 1 heterocycles. The maximum absolute atomic E-state index is 6.15. The summed E-state index contributed by atoms with van der Waals surface area (Å²) in [5.41, 5.74) is 1.31. The fourth-order valence-corrected chi connectivity index (χ4v) is 3.95. The summed E-state index contributed by atoms with van der Waals surface area (Å²) < 4.78 is 1.99. The van der Waals surface area contributed by atoms with Gasteiger partial charge in [0.05, 0.1) is 0 Å². The van der Waals surface area contributed by atoms with E-state index >= 15 is 0 Å². The lowest BCUT2D eigenvalue weighted by molar-refractivity contribution is 0.358. The minimum absolute atomic E-state index is 0. The smallest absolute Gasteiger partial charge is 0.191 e. The highest BCUT2D eigenvalue weighted by molar-refractivity contribution is 14.0. The Morgan fingerprint density at radius 2 is 2.00 bits per heavy atom. The van der Waals surface area contributed by atoms with Gasteiger partial charge in [-0.1, -0.05) is 50.4 Å². The second-order valence-corrected chi connectivity index (χ2v) is 9.27. The van der Waals surface area contributed by atoms with E-state index in [2.05, 4.69) is 40.7 Å². The molecule has 0 radical (unpaired) electrons. The van der Waals surface area contributed by atoms with Crippen LogP contribution < -0.4 is 10.6 Å². The lowest BCUT2D eigenvalue weighted by atomic mass is 9.86. The second kappa shape index (κ2) is 11.3. The van der Waals surface area contributed by atoms with Crippen LogP contribution in [0.15, 0.2) is 29.3 Å². The van der Waals surface area contributed by atoms with Gasteiger partial charge >= 0.3 is 0 Å². The average molecular weight is 545 g/mol. The standard InChI is InChI=1S/C22H33ClN6.HI/c1-16-27-28-20(29(16)4)14-24-21(26-19-10-5-6-11-19)25-15-22(2,3)13-17-8-7-9-18(23)12-17;/h7-9,12,19H,5-6,10-11,13-15H2,1-4H3,(H2,24,25,26);1H. The molecule has 3 rings (SSSR count). The van der Waals surface area contributed by atoms with Gasteiger partial charge in [0.25, 0.3) is 0 Å². The van der Waals surface area contributed by atoms with Gasteiger partial charge in [-0.05, 0) is 49.3 Å². The van der Waals surface area contributed by atoms with Crippen molar-refractivity contribution in [2.24, 2.45) is 17.5 Å². The number of hydrogen-bond donors (Lipinski definition) is 2. The van der Waals surface area contributed by atoms with Gasteiger partial charge in [-0.15, -0.1) is 34.2 Å². The van der Waals surface area contributed by atoms with Crippen molar-refractivity contribution in [1.82, 2.24) is 25.4 Å². The molecule has 0 atom stereocenters. The zero-order valence-corrected chi connectivity index (χ0v) is 21.5. The zero-order valence-electron chi connectivity index (χ0n) is 18.4. The van der Waals surface area contributed by atoms with Crippen LogP contribution in [-0.2, 0) is 20.0 Å². The Balaban J connectivity index is 0.00000320. The van der Waals surface area contributed by atoms with Gasteiger partial charge in [-0.25, -0.2) is 4.99 Å². The van der Waals surface area contributed by atoms with Crippen LogP contribution in [0.5, 0.6) is 0 Å². The number of halogens is 2. The van der Waals surface area contributed by atoms with E-state index in [4.69, 9.17) is 16.6 Å². The molecule has 1 saturated carbocycles. The van der Waals surface area contributed by atoms with Crippen LogP contribution in [0.25, 0.3) is 0 Å². The highest BCUT2D eigenvalue weighted by Crippen LogP contribution is 2.23. The van der Waals surface area contributed by atoms with Crippen molar-refractivity contribution in [3.05, 3.63) is 46.5 Å². The van der Waals surface area contributed by atoms with Crippen LogP contribution in [0.4, 0.5) is 0 Å². The molecule has 0 saturated heterocycles. The Hall–Kier alpha value is -1.35. The molecular weight excluding hydrogens is 511 g/mol. The van der Waals surface area contributed by atoms with Gasteiger partial charge in [0.2, 0.25) is 0 Å². The quantitative estimate of drug-likeness (QED) is 0.303. The van der Waals surface area contributed by atoms with Crippen molar-refractivity contribution >= 4 is 41.5 Å². The predicted octanol–water partition coefficient (Wildman–Crippen LogP) is 4.64. The van der Waals surface area contributed by atoms with Crippen LogP contribution in [0.2, 0.25) is 5.02 Å². The van der Waals surface area contributed by atoms with Crippen LogP contribution in [0.1, 0.15) is 56.7 Å². The fraction of sp³-hybridized carbons (Fsp3) is 0.591. The molecule has 2 aromatic rings. The maximum atomic E-state index is 6.15. The third-order valence-electron chi connectivity index (χ3n) is 5.56. The normalized spacial score (nSPS) is 15.2. The number of aliphatic imine (C=N–C) groups is 1. The second-order valence-electron chi connectivity index (χ2n) is 8.84. The number of nitrogens with zero attached hydrogens (tertiary/aromatic N) is 4. The molecular formula is C22H34ClIN6. The largest absolute Gasteiger partial charge is 0.356 e. The third-order valence-corrected chi connectivity index (χ3v) is 5.80. The highest BCUT2D eigenvalue weighted by Gasteiger charge is 2.21. The summed E-state index contributed by atoms with van der Waals surface area (Å²) in [6.07, 6.45) is 5.92. The first-order valence-corrected chi connectivity index (χ1v) is 10.8. The van der Waals surface area contributed by atoms with Gasteiger partial charge < -0.3 is 15.2 Å². The van der Waals surface area contributed by atoms with E-state index in [0.717, 1.165) is 35.6 Å². The summed E-state index contributed by atoms with van der Waals surface area (Å²) >= 11 is 6.15. The Bertz CT molecular complexity index is 842. The van der Waals surface area contributed by atoms with E-state index in [0.29, 0.717) is 12.6 Å². The Labute approximate surface area is 202 Å². The summed E-state index contributed by atoms with van der Waals surface area (Å²) in [5, 5.41) is 16.3. The Morgan fingerprint density at radius 1 is 1.27 bits per heavy atom.